The maximum absolute atomic E-state index is 10.8. The largest absolute Gasteiger partial charge is 0.375 e. The molecular weight excluding hydrogens is 218 g/mol. The third-order valence-electron chi connectivity index (χ3n) is 1.57. The summed E-state index contributed by atoms with van der Waals surface area (Å²) in [6.45, 7) is 5.72. The first-order valence-corrected chi connectivity index (χ1v) is 4.76. The van der Waals surface area contributed by atoms with Gasteiger partial charge in [0, 0.05) is 11.7 Å². The summed E-state index contributed by atoms with van der Waals surface area (Å²) in [5.74, 6) is 0. The minimum absolute atomic E-state index is 0.103. The van der Waals surface area contributed by atoms with Crippen LogP contribution in [0, 0.1) is 10.1 Å². The fourth-order valence-corrected chi connectivity index (χ4v) is 1.33. The minimum atomic E-state index is -0.538. The zero-order valence-electron chi connectivity index (χ0n) is 8.74. The lowest BCUT2D eigenvalue weighted by Crippen LogP contribution is -2.26. The van der Waals surface area contributed by atoms with Crippen molar-refractivity contribution in [1.29, 1.82) is 0 Å². The number of hydrogen-bond donors (Lipinski definition) is 1. The van der Waals surface area contributed by atoms with Crippen molar-refractivity contribution in [3.8, 4) is 0 Å². The lowest BCUT2D eigenvalue weighted by Gasteiger charge is -2.21. The van der Waals surface area contributed by atoms with Gasteiger partial charge in [-0.25, -0.2) is 4.98 Å². The molecule has 6 heteroatoms. The van der Waals surface area contributed by atoms with E-state index in [0.717, 1.165) is 0 Å². The molecule has 0 fully saturated rings. The van der Waals surface area contributed by atoms with Crippen molar-refractivity contribution < 1.29 is 4.92 Å². The number of halogens is 1. The predicted octanol–water partition coefficient (Wildman–Crippen LogP) is 2.85. The minimum Gasteiger partial charge on any atom is -0.375 e. The maximum atomic E-state index is 10.8. The average Bonchev–Trinajstić information content (AvgIpc) is 1.99. The van der Waals surface area contributed by atoms with Gasteiger partial charge in [0.05, 0.1) is 4.92 Å². The predicted molar refractivity (Wildman–Crippen MR) is 59.3 cm³/mol. The van der Waals surface area contributed by atoms with Crippen molar-refractivity contribution in [2.75, 3.05) is 5.32 Å². The van der Waals surface area contributed by atoms with Gasteiger partial charge in [-0.15, -0.1) is 0 Å². The molecular formula is C9H12ClN3O2. The molecule has 5 nitrogen and oxygen atoms in total. The zero-order valence-corrected chi connectivity index (χ0v) is 9.50. The van der Waals surface area contributed by atoms with Crippen molar-refractivity contribution >= 4 is 23.0 Å². The molecule has 15 heavy (non-hydrogen) atoms. The third kappa shape index (κ3) is 3.06. The quantitative estimate of drug-likeness (QED) is 0.481. The maximum Gasteiger partial charge on any atom is 0.329 e. The standard InChI is InChI=1S/C9H12ClN3O2/c1-9(2,3)12-6-4-5-11-8(10)7(6)13(14)15/h4-5H,1-3H3,(H,11,12). The molecule has 82 valence electrons. The number of rotatable bonds is 2. The molecule has 1 aromatic heterocycles. The van der Waals surface area contributed by atoms with E-state index in [-0.39, 0.29) is 16.4 Å². The summed E-state index contributed by atoms with van der Waals surface area (Å²) in [4.78, 5) is 13.9. The van der Waals surface area contributed by atoms with E-state index in [1.165, 1.54) is 12.3 Å². The van der Waals surface area contributed by atoms with Crippen LogP contribution in [0.25, 0.3) is 0 Å². The lowest BCUT2D eigenvalue weighted by molar-refractivity contribution is -0.384. The molecule has 0 aliphatic carbocycles. The second-order valence-corrected chi connectivity index (χ2v) is 4.49. The van der Waals surface area contributed by atoms with Gasteiger partial charge in [-0.3, -0.25) is 10.1 Å². The Balaban J connectivity index is 3.18. The fourth-order valence-electron chi connectivity index (χ4n) is 1.11. The molecule has 0 atom stereocenters. The molecule has 0 aromatic carbocycles. The van der Waals surface area contributed by atoms with E-state index >= 15 is 0 Å². The lowest BCUT2D eigenvalue weighted by atomic mass is 10.1. The van der Waals surface area contributed by atoms with Crippen LogP contribution in [0.2, 0.25) is 5.15 Å². The van der Waals surface area contributed by atoms with Crippen molar-refractivity contribution in [3.63, 3.8) is 0 Å². The van der Waals surface area contributed by atoms with Crippen LogP contribution in [0.15, 0.2) is 12.3 Å². The molecule has 1 aromatic rings. The fraction of sp³-hybridized carbons (Fsp3) is 0.444. The van der Waals surface area contributed by atoms with Crippen LogP contribution in [0.1, 0.15) is 20.8 Å². The van der Waals surface area contributed by atoms with Crippen LogP contribution in [0.3, 0.4) is 0 Å². The first-order valence-electron chi connectivity index (χ1n) is 4.38. The molecule has 0 radical (unpaired) electrons. The van der Waals surface area contributed by atoms with Crippen molar-refractivity contribution in [1.82, 2.24) is 4.98 Å². The molecule has 0 unspecified atom stereocenters. The van der Waals surface area contributed by atoms with Crippen LogP contribution >= 0.6 is 11.6 Å². The van der Waals surface area contributed by atoms with Gasteiger partial charge in [0.1, 0.15) is 5.69 Å². The Morgan fingerprint density at radius 2 is 2.13 bits per heavy atom. The average molecular weight is 230 g/mol. The van der Waals surface area contributed by atoms with E-state index in [0.29, 0.717) is 5.69 Å². The zero-order chi connectivity index (χ0) is 11.6. The Morgan fingerprint density at radius 3 is 2.60 bits per heavy atom. The summed E-state index contributed by atoms with van der Waals surface area (Å²) >= 11 is 5.66. The molecule has 1 N–H and O–H groups in total. The van der Waals surface area contributed by atoms with E-state index in [2.05, 4.69) is 10.3 Å². The number of nitrogens with zero attached hydrogens (tertiary/aromatic N) is 2. The number of nitrogens with one attached hydrogen (secondary N) is 1. The first-order chi connectivity index (χ1) is 6.81. The van der Waals surface area contributed by atoms with Gasteiger partial charge in [-0.1, -0.05) is 11.6 Å². The number of aromatic nitrogens is 1. The van der Waals surface area contributed by atoms with Crippen LogP contribution in [-0.2, 0) is 0 Å². The Kier molecular flexibility index (Phi) is 3.14. The van der Waals surface area contributed by atoms with Gasteiger partial charge in [-0.2, -0.15) is 0 Å². The van der Waals surface area contributed by atoms with Crippen molar-refractivity contribution in [2.45, 2.75) is 26.3 Å². The van der Waals surface area contributed by atoms with E-state index in [1.54, 1.807) is 0 Å². The number of hydrogen-bond acceptors (Lipinski definition) is 4. The Hall–Kier alpha value is -1.36. The van der Waals surface area contributed by atoms with E-state index in [1.807, 2.05) is 20.8 Å². The monoisotopic (exact) mass is 229 g/mol. The summed E-state index contributed by atoms with van der Waals surface area (Å²) in [6, 6.07) is 1.54. The van der Waals surface area contributed by atoms with Crippen molar-refractivity contribution in [2.24, 2.45) is 0 Å². The number of pyridine rings is 1. The van der Waals surface area contributed by atoms with Crippen LogP contribution in [0.4, 0.5) is 11.4 Å². The van der Waals surface area contributed by atoms with Gasteiger partial charge in [0.25, 0.3) is 0 Å². The summed E-state index contributed by atoms with van der Waals surface area (Å²) < 4.78 is 0. The van der Waals surface area contributed by atoms with Gasteiger partial charge < -0.3 is 5.32 Å². The second-order valence-electron chi connectivity index (χ2n) is 4.13. The van der Waals surface area contributed by atoms with Crippen LogP contribution in [0.5, 0.6) is 0 Å². The normalized spacial score (nSPS) is 11.2. The molecule has 1 rings (SSSR count). The summed E-state index contributed by atoms with van der Waals surface area (Å²) in [6.07, 6.45) is 1.43. The Labute approximate surface area is 92.6 Å². The Morgan fingerprint density at radius 1 is 1.53 bits per heavy atom. The topological polar surface area (TPSA) is 68.1 Å². The molecule has 1 heterocycles. The van der Waals surface area contributed by atoms with Gasteiger partial charge in [0.15, 0.2) is 0 Å². The molecule has 0 saturated heterocycles. The molecule has 0 aliphatic heterocycles. The summed E-state index contributed by atoms with van der Waals surface area (Å²) in [5.41, 5.74) is -0.0725. The molecule has 0 bridgehead atoms. The highest BCUT2D eigenvalue weighted by atomic mass is 35.5. The highest BCUT2D eigenvalue weighted by Crippen LogP contribution is 2.31. The van der Waals surface area contributed by atoms with Crippen LogP contribution in [-0.4, -0.2) is 15.4 Å². The first kappa shape index (κ1) is 11.7. The third-order valence-corrected chi connectivity index (χ3v) is 1.85. The number of anilines is 1. The molecule has 0 saturated carbocycles. The van der Waals surface area contributed by atoms with E-state index in [9.17, 15) is 10.1 Å². The van der Waals surface area contributed by atoms with Gasteiger partial charge >= 0.3 is 5.69 Å². The highest BCUT2D eigenvalue weighted by Gasteiger charge is 2.22. The van der Waals surface area contributed by atoms with E-state index < -0.39 is 4.92 Å². The van der Waals surface area contributed by atoms with Gasteiger partial charge in [-0.05, 0) is 26.8 Å². The number of nitro groups is 1. The highest BCUT2D eigenvalue weighted by molar-refractivity contribution is 6.32. The van der Waals surface area contributed by atoms with Gasteiger partial charge in [0.2, 0.25) is 5.15 Å². The van der Waals surface area contributed by atoms with Crippen LogP contribution < -0.4 is 5.32 Å². The van der Waals surface area contributed by atoms with E-state index in [4.69, 9.17) is 11.6 Å². The Bertz CT molecular complexity index is 387. The molecule has 0 spiro atoms. The summed E-state index contributed by atoms with van der Waals surface area (Å²) in [7, 11) is 0. The second kappa shape index (κ2) is 4.02. The molecule has 0 aliphatic rings. The molecule has 0 amide bonds. The smallest absolute Gasteiger partial charge is 0.329 e. The van der Waals surface area contributed by atoms with Crippen molar-refractivity contribution in [3.05, 3.63) is 27.5 Å². The SMILES string of the molecule is CC(C)(C)Nc1ccnc(Cl)c1[N+](=O)[O-]. The summed E-state index contributed by atoms with van der Waals surface area (Å²) in [5, 5.41) is 13.7.